The zero-order chi connectivity index (χ0) is 22.2. The van der Waals surface area contributed by atoms with Gasteiger partial charge in [0.2, 0.25) is 10.0 Å². The Hall–Kier alpha value is -0.740. The molecule has 0 atom stereocenters. The molecule has 0 heterocycles. The fraction of sp³-hybridized carbons (Fsp3) is 1.00. The van der Waals surface area contributed by atoms with Crippen molar-refractivity contribution in [2.75, 3.05) is 5.88 Å². The highest BCUT2D eigenvalue weighted by Gasteiger charge is 2.83. The number of hydrogen-bond acceptors (Lipinski definition) is 5. The van der Waals surface area contributed by atoms with E-state index in [2.05, 4.69) is 5.32 Å². The maximum absolute atomic E-state index is 13.6. The summed E-state index contributed by atoms with van der Waals surface area (Å²) < 4.78 is 152. The summed E-state index contributed by atoms with van der Waals surface area (Å²) in [6, 6.07) is -0.418. The van der Waals surface area contributed by atoms with E-state index in [1.807, 2.05) is 0 Å². The molecule has 0 aromatic carbocycles. The second kappa shape index (κ2) is 7.83. The number of alkyl halides is 8. The zero-order valence-corrected chi connectivity index (χ0v) is 15.9. The molecule has 0 aliphatic heterocycles. The first-order chi connectivity index (χ1) is 12.3. The van der Waals surface area contributed by atoms with Crippen LogP contribution in [0, 0.1) is 0 Å². The number of sulfonamides is 2. The van der Waals surface area contributed by atoms with Crippen molar-refractivity contribution in [2.24, 2.45) is 0 Å². The molecule has 0 spiro atoms. The summed E-state index contributed by atoms with van der Waals surface area (Å²) in [5.41, 5.74) is 0. The molecule has 0 unspecified atom stereocenters. The molecule has 0 radical (unpaired) electrons. The van der Waals surface area contributed by atoms with Gasteiger partial charge in [-0.1, -0.05) is 19.3 Å². The van der Waals surface area contributed by atoms with E-state index in [9.17, 15) is 52.0 Å². The highest BCUT2D eigenvalue weighted by molar-refractivity contribution is 8.05. The van der Waals surface area contributed by atoms with Crippen LogP contribution in [0.1, 0.15) is 39.0 Å². The van der Waals surface area contributed by atoms with Gasteiger partial charge >= 0.3 is 23.0 Å². The third-order valence-electron chi connectivity index (χ3n) is 4.05. The fourth-order valence-corrected chi connectivity index (χ4v) is 5.32. The van der Waals surface area contributed by atoms with Gasteiger partial charge in [-0.3, -0.25) is 5.32 Å². The molecular formula is C12H18F8N2O4S2. The molecule has 28 heavy (non-hydrogen) atoms. The van der Waals surface area contributed by atoms with Crippen LogP contribution >= 0.6 is 0 Å². The Morgan fingerprint density at radius 2 is 1.29 bits per heavy atom. The van der Waals surface area contributed by atoms with Gasteiger partial charge in [0.15, 0.2) is 0 Å². The van der Waals surface area contributed by atoms with Crippen molar-refractivity contribution < 1.29 is 52.0 Å². The van der Waals surface area contributed by atoms with Gasteiger partial charge in [-0.2, -0.15) is 35.1 Å². The minimum atomic E-state index is -7.13. The minimum Gasteiger partial charge on any atom is -0.300 e. The molecule has 168 valence electrons. The molecule has 1 saturated carbocycles. The number of halogens is 8. The molecule has 6 nitrogen and oxygen atoms in total. The lowest BCUT2D eigenvalue weighted by Crippen LogP contribution is -2.65. The van der Waals surface area contributed by atoms with Crippen LogP contribution in [0.4, 0.5) is 35.1 Å². The highest BCUT2D eigenvalue weighted by atomic mass is 32.3. The third kappa shape index (κ3) is 4.87. The summed E-state index contributed by atoms with van der Waals surface area (Å²) in [4.78, 5) is 0. The van der Waals surface area contributed by atoms with Gasteiger partial charge < -0.3 is 0 Å². The summed E-state index contributed by atoms with van der Waals surface area (Å²) in [7, 11) is -12.3. The van der Waals surface area contributed by atoms with Crippen molar-refractivity contribution >= 4 is 20.0 Å². The van der Waals surface area contributed by atoms with Crippen LogP contribution in [0.15, 0.2) is 0 Å². The first kappa shape index (κ1) is 25.3. The fourth-order valence-electron chi connectivity index (χ4n) is 2.41. The van der Waals surface area contributed by atoms with E-state index in [1.165, 1.54) is 0 Å². The van der Waals surface area contributed by atoms with Crippen molar-refractivity contribution in [1.29, 1.82) is 0 Å². The number of nitrogens with one attached hydrogen (secondary N) is 2. The molecule has 0 amide bonds. The highest BCUT2D eigenvalue weighted by Crippen LogP contribution is 2.53. The second-order valence-corrected chi connectivity index (χ2v) is 10.1. The Labute approximate surface area is 156 Å². The Kier molecular flexibility index (Phi) is 7.07. The topological polar surface area (TPSA) is 92.3 Å². The van der Waals surface area contributed by atoms with Gasteiger partial charge in [0.05, 0.1) is 0 Å². The van der Waals surface area contributed by atoms with Gasteiger partial charge in [-0.05, 0) is 12.8 Å². The maximum atomic E-state index is 13.6. The standard InChI is InChI=1S/C12H18F8N2O4S2/c1-9(13,14)10(15,16)11(17,18)12(19,20)28(25,26)22-27(23,24)7-21-8-5-3-2-4-6-8/h8,21-22H,2-7H2,1H3. The van der Waals surface area contributed by atoms with Crippen molar-refractivity contribution in [3.8, 4) is 0 Å². The maximum Gasteiger partial charge on any atom is 0.428 e. The first-order valence-electron chi connectivity index (χ1n) is 7.79. The molecule has 1 rings (SSSR count). The van der Waals surface area contributed by atoms with Gasteiger partial charge in [-0.15, -0.1) is 4.13 Å². The average molecular weight is 470 g/mol. The van der Waals surface area contributed by atoms with E-state index in [1.54, 1.807) is 0 Å². The Balaban J connectivity index is 3.05. The third-order valence-corrected chi connectivity index (χ3v) is 7.42. The van der Waals surface area contributed by atoms with Gasteiger partial charge in [0, 0.05) is 13.0 Å². The SMILES string of the molecule is CC(F)(F)C(F)(F)C(F)(F)C(F)(F)S(=O)(=O)NS(=O)(=O)CNC1CCCCC1. The molecule has 0 aromatic rings. The van der Waals surface area contributed by atoms with Crippen LogP contribution in [-0.2, 0) is 20.0 Å². The van der Waals surface area contributed by atoms with Crippen molar-refractivity contribution in [2.45, 2.75) is 68.1 Å². The summed E-state index contributed by atoms with van der Waals surface area (Å²) in [6.45, 7) is -0.818. The Bertz CT molecular complexity index is 759. The molecule has 1 fully saturated rings. The van der Waals surface area contributed by atoms with Crippen LogP contribution in [0.2, 0.25) is 0 Å². The second-order valence-electron chi connectivity index (χ2n) is 6.44. The van der Waals surface area contributed by atoms with E-state index in [-0.39, 0.29) is 4.13 Å². The quantitative estimate of drug-likeness (QED) is 0.506. The van der Waals surface area contributed by atoms with Crippen molar-refractivity contribution in [3.63, 3.8) is 0 Å². The predicted molar refractivity (Wildman–Crippen MR) is 81.3 cm³/mol. The van der Waals surface area contributed by atoms with Crippen LogP contribution in [0.25, 0.3) is 0 Å². The number of rotatable bonds is 9. The van der Waals surface area contributed by atoms with Crippen molar-refractivity contribution in [3.05, 3.63) is 0 Å². The average Bonchev–Trinajstić information content (AvgIpc) is 2.51. The summed E-state index contributed by atoms with van der Waals surface area (Å²) in [5.74, 6) is -21.0. The molecular weight excluding hydrogens is 452 g/mol. The molecule has 0 aromatic heterocycles. The normalized spacial score (nSPS) is 19.0. The molecule has 16 heteroatoms. The molecule has 2 N–H and O–H groups in total. The Morgan fingerprint density at radius 3 is 1.71 bits per heavy atom. The molecule has 1 aliphatic carbocycles. The van der Waals surface area contributed by atoms with E-state index in [0.29, 0.717) is 25.7 Å². The largest absolute Gasteiger partial charge is 0.428 e. The van der Waals surface area contributed by atoms with Gasteiger partial charge in [-0.25, -0.2) is 16.8 Å². The van der Waals surface area contributed by atoms with Gasteiger partial charge in [0.25, 0.3) is 10.0 Å². The van der Waals surface area contributed by atoms with Crippen LogP contribution in [-0.4, -0.2) is 51.8 Å². The summed E-state index contributed by atoms with van der Waals surface area (Å²) in [5, 5.41) is -4.56. The monoisotopic (exact) mass is 470 g/mol. The predicted octanol–water partition coefficient (Wildman–Crippen LogP) is 2.63. The van der Waals surface area contributed by atoms with E-state index < -0.39 is 61.9 Å². The van der Waals surface area contributed by atoms with Gasteiger partial charge in [0.1, 0.15) is 5.88 Å². The Morgan fingerprint density at radius 1 is 0.821 bits per heavy atom. The first-order valence-corrected chi connectivity index (χ1v) is 10.9. The lowest BCUT2D eigenvalue weighted by molar-refractivity contribution is -0.342. The van der Waals surface area contributed by atoms with E-state index in [0.717, 1.165) is 6.42 Å². The number of hydrogen-bond donors (Lipinski definition) is 2. The summed E-state index contributed by atoms with van der Waals surface area (Å²) in [6.07, 6.45) is 3.22. The zero-order valence-electron chi connectivity index (χ0n) is 14.3. The molecule has 0 bridgehead atoms. The van der Waals surface area contributed by atoms with Crippen LogP contribution < -0.4 is 9.44 Å². The van der Waals surface area contributed by atoms with Crippen LogP contribution in [0.3, 0.4) is 0 Å². The van der Waals surface area contributed by atoms with Crippen molar-refractivity contribution in [1.82, 2.24) is 9.44 Å². The lowest BCUT2D eigenvalue weighted by Gasteiger charge is -2.34. The minimum absolute atomic E-state index is 0.216. The molecule has 1 aliphatic rings. The summed E-state index contributed by atoms with van der Waals surface area (Å²) >= 11 is 0. The molecule has 0 saturated heterocycles. The lowest BCUT2D eigenvalue weighted by atomic mass is 9.96. The van der Waals surface area contributed by atoms with Crippen LogP contribution in [0.5, 0.6) is 0 Å². The van der Waals surface area contributed by atoms with E-state index >= 15 is 0 Å². The smallest absolute Gasteiger partial charge is 0.300 e. The van der Waals surface area contributed by atoms with E-state index in [4.69, 9.17) is 0 Å².